The normalized spacial score (nSPS) is 10.4. The van der Waals surface area contributed by atoms with Crippen LogP contribution in [0, 0.1) is 0 Å². The molecular weight excluding hydrogens is 334 g/mol. The number of H-pyrrole nitrogens is 1. The van der Waals surface area contributed by atoms with E-state index in [0.717, 1.165) is 5.56 Å². The summed E-state index contributed by atoms with van der Waals surface area (Å²) in [6, 6.07) is 11.1. The molecule has 3 rings (SSSR count). The van der Waals surface area contributed by atoms with Crippen molar-refractivity contribution in [2.75, 3.05) is 19.5 Å². The summed E-state index contributed by atoms with van der Waals surface area (Å²) in [7, 11) is 3.17. The van der Waals surface area contributed by atoms with Crippen molar-refractivity contribution in [2.24, 2.45) is 0 Å². The maximum absolute atomic E-state index is 12.1. The molecule has 2 aromatic heterocycles. The molecule has 0 radical (unpaired) electrons. The van der Waals surface area contributed by atoms with E-state index in [-0.39, 0.29) is 5.91 Å². The molecule has 0 bridgehead atoms. The second kappa shape index (κ2) is 8.11. The van der Waals surface area contributed by atoms with Crippen molar-refractivity contribution in [3.8, 4) is 23.0 Å². The van der Waals surface area contributed by atoms with Crippen LogP contribution in [0.15, 0.2) is 42.6 Å². The Hall–Kier alpha value is -3.42. The van der Waals surface area contributed by atoms with Gasteiger partial charge >= 0.3 is 0 Å². The van der Waals surface area contributed by atoms with Crippen molar-refractivity contribution in [1.29, 1.82) is 0 Å². The molecular formula is C18H19N5O3. The van der Waals surface area contributed by atoms with Crippen LogP contribution >= 0.6 is 0 Å². The average Bonchev–Trinajstić information content (AvgIpc) is 3.15. The van der Waals surface area contributed by atoms with Crippen LogP contribution in [0.5, 0.6) is 11.5 Å². The van der Waals surface area contributed by atoms with Gasteiger partial charge in [-0.05, 0) is 36.2 Å². The van der Waals surface area contributed by atoms with Crippen LogP contribution in [0.3, 0.4) is 0 Å². The molecule has 8 heteroatoms. The summed E-state index contributed by atoms with van der Waals surface area (Å²) in [5.74, 6) is 1.93. The number of aromatic nitrogens is 4. The summed E-state index contributed by atoms with van der Waals surface area (Å²) in [5, 5.41) is 10.6. The number of carbonyl (C=O) groups is 1. The lowest BCUT2D eigenvalue weighted by atomic mass is 10.1. The first-order chi connectivity index (χ1) is 12.7. The Balaban J connectivity index is 1.57. The van der Waals surface area contributed by atoms with Crippen LogP contribution in [0.2, 0.25) is 0 Å². The molecule has 26 heavy (non-hydrogen) atoms. The number of pyridine rings is 1. The number of amides is 1. The van der Waals surface area contributed by atoms with Gasteiger partial charge in [0.25, 0.3) is 0 Å². The molecule has 2 heterocycles. The fourth-order valence-electron chi connectivity index (χ4n) is 2.43. The SMILES string of the molecule is COc1ccc(CCC(=O)Nc2nnc(-c3ccccn3)[nH]2)cc1OC. The summed E-state index contributed by atoms with van der Waals surface area (Å²) in [4.78, 5) is 19.3. The number of aryl methyl sites for hydroxylation is 1. The molecule has 0 aliphatic rings. The zero-order valence-electron chi connectivity index (χ0n) is 14.5. The van der Waals surface area contributed by atoms with Gasteiger partial charge in [0.2, 0.25) is 11.9 Å². The third kappa shape index (κ3) is 4.15. The minimum Gasteiger partial charge on any atom is -0.493 e. The number of benzene rings is 1. The number of nitrogens with zero attached hydrogens (tertiary/aromatic N) is 3. The van der Waals surface area contributed by atoms with Crippen molar-refractivity contribution >= 4 is 11.9 Å². The smallest absolute Gasteiger partial charge is 0.228 e. The Morgan fingerprint density at radius 2 is 1.96 bits per heavy atom. The number of ether oxygens (including phenoxy) is 2. The molecule has 0 spiro atoms. The summed E-state index contributed by atoms with van der Waals surface area (Å²) < 4.78 is 10.5. The Bertz CT molecular complexity index is 880. The van der Waals surface area contributed by atoms with E-state index in [1.54, 1.807) is 20.4 Å². The molecule has 0 aliphatic heterocycles. The van der Waals surface area contributed by atoms with Crippen molar-refractivity contribution in [3.63, 3.8) is 0 Å². The monoisotopic (exact) mass is 353 g/mol. The van der Waals surface area contributed by atoms with E-state index in [0.29, 0.717) is 41.8 Å². The number of aromatic amines is 1. The lowest BCUT2D eigenvalue weighted by molar-refractivity contribution is -0.116. The van der Waals surface area contributed by atoms with Crippen LogP contribution in [-0.2, 0) is 11.2 Å². The largest absolute Gasteiger partial charge is 0.493 e. The summed E-state index contributed by atoms with van der Waals surface area (Å²) in [6.07, 6.45) is 2.53. The molecule has 0 atom stereocenters. The molecule has 8 nitrogen and oxygen atoms in total. The zero-order chi connectivity index (χ0) is 18.4. The van der Waals surface area contributed by atoms with Crippen molar-refractivity contribution in [3.05, 3.63) is 48.2 Å². The quantitative estimate of drug-likeness (QED) is 0.676. The van der Waals surface area contributed by atoms with Gasteiger partial charge in [0.05, 0.1) is 14.2 Å². The molecule has 0 fully saturated rings. The topological polar surface area (TPSA) is 102 Å². The highest BCUT2D eigenvalue weighted by Gasteiger charge is 2.10. The molecule has 0 aliphatic carbocycles. The number of hydrogen-bond acceptors (Lipinski definition) is 6. The average molecular weight is 353 g/mol. The Labute approximate surface area is 150 Å². The van der Waals surface area contributed by atoms with E-state index < -0.39 is 0 Å². The second-order valence-corrected chi connectivity index (χ2v) is 5.47. The molecule has 1 aromatic carbocycles. The summed E-state index contributed by atoms with van der Waals surface area (Å²) in [6.45, 7) is 0. The van der Waals surface area contributed by atoms with E-state index in [1.807, 2.05) is 36.4 Å². The second-order valence-electron chi connectivity index (χ2n) is 5.47. The number of carbonyl (C=O) groups excluding carboxylic acids is 1. The highest BCUT2D eigenvalue weighted by atomic mass is 16.5. The Kier molecular flexibility index (Phi) is 5.43. The van der Waals surface area contributed by atoms with Gasteiger partial charge in [0.15, 0.2) is 17.3 Å². The van der Waals surface area contributed by atoms with Crippen molar-refractivity contribution < 1.29 is 14.3 Å². The Morgan fingerprint density at radius 3 is 2.69 bits per heavy atom. The van der Waals surface area contributed by atoms with Gasteiger partial charge in [-0.3, -0.25) is 15.1 Å². The fraction of sp³-hybridized carbons (Fsp3) is 0.222. The van der Waals surface area contributed by atoms with Crippen LogP contribution in [0.4, 0.5) is 5.95 Å². The standard InChI is InChI=1S/C18H19N5O3/c1-25-14-8-6-12(11-15(14)26-2)7-9-16(24)20-18-21-17(22-23-18)13-5-3-4-10-19-13/h3-6,8,10-11H,7,9H2,1-2H3,(H2,20,21,22,23,24). The maximum atomic E-state index is 12.1. The molecule has 3 aromatic rings. The van der Waals surface area contributed by atoms with Crippen molar-refractivity contribution in [1.82, 2.24) is 20.2 Å². The van der Waals surface area contributed by atoms with Crippen LogP contribution in [-0.4, -0.2) is 40.3 Å². The molecule has 0 saturated heterocycles. The molecule has 0 unspecified atom stereocenters. The van der Waals surface area contributed by atoms with Gasteiger partial charge in [0.1, 0.15) is 5.69 Å². The molecule has 134 valence electrons. The minimum absolute atomic E-state index is 0.163. The summed E-state index contributed by atoms with van der Waals surface area (Å²) in [5.41, 5.74) is 1.63. The minimum atomic E-state index is -0.163. The summed E-state index contributed by atoms with van der Waals surface area (Å²) >= 11 is 0. The van der Waals surface area contributed by atoms with Gasteiger partial charge in [-0.25, -0.2) is 0 Å². The zero-order valence-corrected chi connectivity index (χ0v) is 14.5. The number of nitrogens with one attached hydrogen (secondary N) is 2. The number of rotatable bonds is 7. The van der Waals surface area contributed by atoms with E-state index in [1.165, 1.54) is 0 Å². The first kappa shape index (κ1) is 17.4. The third-order valence-electron chi connectivity index (χ3n) is 3.74. The fourth-order valence-corrected chi connectivity index (χ4v) is 2.43. The lowest BCUT2D eigenvalue weighted by Crippen LogP contribution is -2.13. The van der Waals surface area contributed by atoms with Crippen LogP contribution in [0.1, 0.15) is 12.0 Å². The van der Waals surface area contributed by atoms with Crippen LogP contribution in [0.25, 0.3) is 11.5 Å². The van der Waals surface area contributed by atoms with Gasteiger partial charge in [-0.1, -0.05) is 12.1 Å². The van der Waals surface area contributed by atoms with E-state index in [9.17, 15) is 4.79 Å². The highest BCUT2D eigenvalue weighted by molar-refractivity contribution is 5.89. The van der Waals surface area contributed by atoms with Crippen molar-refractivity contribution in [2.45, 2.75) is 12.8 Å². The van der Waals surface area contributed by atoms with Gasteiger partial charge in [-0.2, -0.15) is 0 Å². The van der Waals surface area contributed by atoms with E-state index >= 15 is 0 Å². The predicted octanol–water partition coefficient (Wildman–Crippen LogP) is 2.46. The van der Waals surface area contributed by atoms with E-state index in [2.05, 4.69) is 25.5 Å². The van der Waals surface area contributed by atoms with Gasteiger partial charge in [0, 0.05) is 12.6 Å². The van der Waals surface area contributed by atoms with Crippen LogP contribution < -0.4 is 14.8 Å². The number of anilines is 1. The van der Waals surface area contributed by atoms with Gasteiger partial charge < -0.3 is 14.5 Å². The predicted molar refractivity (Wildman–Crippen MR) is 96.1 cm³/mol. The number of hydrogen-bond donors (Lipinski definition) is 2. The Morgan fingerprint density at radius 1 is 1.12 bits per heavy atom. The maximum Gasteiger partial charge on any atom is 0.228 e. The molecule has 0 saturated carbocycles. The lowest BCUT2D eigenvalue weighted by Gasteiger charge is -2.09. The molecule has 1 amide bonds. The highest BCUT2D eigenvalue weighted by Crippen LogP contribution is 2.28. The first-order valence-corrected chi connectivity index (χ1v) is 8.04. The third-order valence-corrected chi connectivity index (χ3v) is 3.74. The van der Waals surface area contributed by atoms with Gasteiger partial charge in [-0.15, -0.1) is 10.2 Å². The van der Waals surface area contributed by atoms with E-state index in [4.69, 9.17) is 9.47 Å². The first-order valence-electron chi connectivity index (χ1n) is 8.04. The molecule has 2 N–H and O–H groups in total. The number of methoxy groups -OCH3 is 2.